The second-order valence-electron chi connectivity index (χ2n) is 39.6. The molecule has 12 aliphatic rings. The van der Waals surface area contributed by atoms with E-state index in [2.05, 4.69) is 172 Å². The van der Waals surface area contributed by atoms with Gasteiger partial charge in [0.05, 0.1) is 38.2 Å². The maximum absolute atomic E-state index is 12.4. The van der Waals surface area contributed by atoms with E-state index in [-0.39, 0.29) is 35.4 Å². The summed E-state index contributed by atoms with van der Waals surface area (Å²) >= 11 is 10.6. The number of hydrogen-bond acceptors (Lipinski definition) is 32. The molecule has 25 rings (SSSR count). The number of carbonyl (C=O) groups excluding carboxylic acids is 3. The second kappa shape index (κ2) is 44.7. The summed E-state index contributed by atoms with van der Waals surface area (Å²) in [6, 6.07) is 15.3. The zero-order valence-electron chi connectivity index (χ0n) is 80.4. The van der Waals surface area contributed by atoms with Gasteiger partial charge in [0.25, 0.3) is 5.91 Å². The fourth-order valence-electron chi connectivity index (χ4n) is 23.2. The predicted octanol–water partition coefficient (Wildman–Crippen LogP) is 17.9. The zero-order valence-corrected chi connectivity index (χ0v) is 85.3. The van der Waals surface area contributed by atoms with Crippen LogP contribution in [-0.4, -0.2) is 185 Å². The van der Waals surface area contributed by atoms with Gasteiger partial charge >= 0.3 is 5.95 Å². The van der Waals surface area contributed by atoms with Crippen molar-refractivity contribution in [1.82, 2.24) is 91.3 Å². The van der Waals surface area contributed by atoms with Crippen molar-refractivity contribution >= 4 is 194 Å². The quantitative estimate of drug-likeness (QED) is 0.0334. The van der Waals surface area contributed by atoms with Crippen molar-refractivity contribution in [3.05, 3.63) is 135 Å². The molecule has 36 heteroatoms. The van der Waals surface area contributed by atoms with E-state index in [0.717, 1.165) is 218 Å². The van der Waals surface area contributed by atoms with Crippen LogP contribution in [0.5, 0.6) is 0 Å². The molecule has 13 aromatic rings. The van der Waals surface area contributed by atoms with E-state index in [4.69, 9.17) is 18.0 Å². The van der Waals surface area contributed by atoms with Gasteiger partial charge in [-0.05, 0) is 331 Å². The maximum Gasteiger partial charge on any atom is 0.374 e. The van der Waals surface area contributed by atoms with Crippen LogP contribution in [-0.2, 0) is 93.2 Å². The Hall–Kier alpha value is -9.88. The van der Waals surface area contributed by atoms with Crippen LogP contribution in [0.4, 0.5) is 46.8 Å². The first kappa shape index (κ1) is 96.6. The van der Waals surface area contributed by atoms with Crippen LogP contribution in [0.3, 0.4) is 0 Å². The van der Waals surface area contributed by atoms with Crippen LogP contribution in [0.1, 0.15) is 246 Å². The second-order valence-corrected chi connectivity index (χ2v) is 46.1. The van der Waals surface area contributed by atoms with Gasteiger partial charge in [-0.3, -0.25) is 19.3 Å². The molecule has 0 spiro atoms. The highest BCUT2D eigenvalue weighted by Crippen LogP contribution is 2.48. The van der Waals surface area contributed by atoms with Crippen LogP contribution < -0.4 is 70.0 Å². The highest BCUT2D eigenvalue weighted by Gasteiger charge is 2.36. The summed E-state index contributed by atoms with van der Waals surface area (Å²) in [6.07, 6.45) is 48.6. The van der Waals surface area contributed by atoms with Gasteiger partial charge < -0.3 is 74.8 Å². The number of nitrogens with two attached hydrogens (primary N) is 2. The van der Waals surface area contributed by atoms with Crippen molar-refractivity contribution in [3.8, 4) is 0 Å². The number of amides is 3. The molecule has 2 saturated heterocycles. The Labute approximate surface area is 836 Å². The first-order valence-corrected chi connectivity index (χ1v) is 56.0. The Balaban J connectivity index is 0.000000103. The molecule has 14 heterocycles. The Morgan fingerprint density at radius 2 is 0.755 bits per heavy atom. The number of benzene rings is 1. The minimum atomic E-state index is -0.563. The van der Waals surface area contributed by atoms with E-state index < -0.39 is 5.91 Å². The summed E-state index contributed by atoms with van der Waals surface area (Å²) in [5.74, 6) is 5.71. The number of nitrogen functional groups attached to an aromatic ring is 1. The minimum absolute atomic E-state index is 0.0513. The fraction of sp³-hybridized carbons (Fsp3) is 0.553. The lowest BCUT2D eigenvalue weighted by Crippen LogP contribution is -2.38. The summed E-state index contributed by atoms with van der Waals surface area (Å²) < 4.78 is 0. The number of anilines is 7. The van der Waals surface area contributed by atoms with Crippen LogP contribution in [0.2, 0.25) is 0 Å². The third kappa shape index (κ3) is 22.0. The lowest BCUT2D eigenvalue weighted by atomic mass is 9.90. The number of piperidine rings is 2. The maximum atomic E-state index is 12.4. The van der Waals surface area contributed by atoms with Gasteiger partial charge in [0.1, 0.15) is 72.2 Å². The number of thiophene rings is 6. The van der Waals surface area contributed by atoms with Crippen molar-refractivity contribution in [1.29, 1.82) is 0 Å². The highest BCUT2D eigenvalue weighted by molar-refractivity contribution is 7.20. The van der Waals surface area contributed by atoms with Crippen molar-refractivity contribution in [3.63, 3.8) is 0 Å². The van der Waals surface area contributed by atoms with Crippen molar-refractivity contribution in [2.75, 3.05) is 92.0 Å². The first-order valence-electron chi connectivity index (χ1n) is 51.1. The first-order chi connectivity index (χ1) is 68.1. The average molecular weight is 1990 g/mol. The van der Waals surface area contributed by atoms with Gasteiger partial charge in [0, 0.05) is 96.6 Å². The molecule has 10 aliphatic carbocycles. The van der Waals surface area contributed by atoms with Crippen molar-refractivity contribution in [2.45, 2.75) is 299 Å². The molecule has 3 amide bonds. The lowest BCUT2D eigenvalue weighted by molar-refractivity contribution is -0.121. The number of rotatable bonds is 19. The SMILES string of the molecule is CN(Cc1ccccc1)C1CCC(Nc2ncnc3sc4c(c23)CCC4)CC1.CNC1CCC(Nc2nc(C(N)=O)nc3sc4c(c23)CCC4)CC1.CNC1CCC(Nc2nc(N)nc3sc4c(c23)CCC4)CC1.O=C(Nc1ncnc2sc3c(c12)CCC3)C1CCCNC1.O=C(Nc1ncnc2sc3c(c12)CCC3)C1CCNCC1.[C-]#[N+]c1nc(NC2CCC(NC)CC2)c2c3c(sc2n1)CCC3. The molecule has 12 aromatic heterocycles. The topological polar surface area (TPSA) is 398 Å². The Kier molecular flexibility index (Phi) is 31.1. The molecule has 4 saturated carbocycles. The minimum Gasteiger partial charge on any atom is -0.394 e. The van der Waals surface area contributed by atoms with E-state index in [1.165, 1.54) is 211 Å². The number of carbonyl (C=O) groups is 3. The smallest absolute Gasteiger partial charge is 0.374 e. The fourth-order valence-corrected chi connectivity index (χ4v) is 30.6. The Bertz CT molecular complexity index is 6460. The number of nitrogens with zero attached hydrogens (tertiary/aromatic N) is 14. The highest BCUT2D eigenvalue weighted by atomic mass is 32.1. The monoisotopic (exact) mass is 1990 g/mol. The average Bonchev–Trinajstić information content (AvgIpc) is 2.31. The number of aromatic nitrogens is 12. The molecule has 1 aromatic carbocycles. The number of hydrogen-bond donors (Lipinski definition) is 13. The molecule has 139 heavy (non-hydrogen) atoms. The number of aryl methyl sites for hydroxylation is 12. The van der Waals surface area contributed by atoms with Crippen LogP contribution in [0.15, 0.2) is 49.3 Å². The molecule has 30 nitrogen and oxygen atoms in total. The number of primary amides is 1. The largest absolute Gasteiger partial charge is 0.394 e. The lowest BCUT2D eigenvalue weighted by Gasteiger charge is -2.35. The molecule has 0 radical (unpaired) electrons. The van der Waals surface area contributed by atoms with E-state index in [1.54, 1.807) is 75.7 Å². The van der Waals surface area contributed by atoms with Gasteiger partial charge in [-0.1, -0.05) is 30.3 Å². The summed E-state index contributed by atoms with van der Waals surface area (Å²) in [5, 5.41) is 44.5. The Morgan fingerprint density at radius 3 is 1.17 bits per heavy atom. The molecule has 732 valence electrons. The third-order valence-electron chi connectivity index (χ3n) is 30.7. The van der Waals surface area contributed by atoms with Gasteiger partial charge in [-0.2, -0.15) is 4.98 Å². The molecule has 0 bridgehead atoms. The Morgan fingerprint density at radius 1 is 0.388 bits per heavy atom. The molecular formula is C103H131N27O3S6. The standard InChI is InChI=1S/C23H28N4S.C17H23N5OS.C17H21N5S.C16H23N5S.2C15H18N4OS/c1-27(14-16-6-3-2-4-7-16)18-12-10-17(11-13-18)26-22-21-19-8-5-9-20(19)28-23(21)25-15-24-22;1-19-9-5-7-10(8-6-9)20-15-13-11-3-2-4-12(11)24-17(13)22-16(21-15)14(18)23;1-18-10-6-8-11(9-7-10)20-15-14-12-4-3-5-13(12)23-16(14)22-17(19-2)21-15;1-18-9-5-7-10(8-6-9)19-14-13-11-3-2-4-12(11)22-15(13)21-16(17)20-14;20-14(9-3-2-6-16-7-9)19-13-12-10-4-1-5-11(10)21-15(12)18-8-17-13;20-14(9-4-6-16-7-5-9)19-13-12-10-2-1-3-11(10)21-15(12)18-8-17-13/h2-4,6-7,15,17-18H,5,8-14H2,1H3,(H,24,25,26);9-10,19H,2-8H2,1H3,(H2,18,23)(H,20,21,22);10-11,18H,3-9H2,1H3,(H,20,21,22);9-10,18H,2-8H2,1H3,(H3,17,19,20,21);2*8-9,16H,1-7H2,(H,17,18,19,20). The van der Waals surface area contributed by atoms with Gasteiger partial charge in [0.2, 0.25) is 23.6 Å². The summed E-state index contributed by atoms with van der Waals surface area (Å²) in [7, 11) is 8.40. The van der Waals surface area contributed by atoms with E-state index in [0.29, 0.717) is 65.9 Å². The van der Waals surface area contributed by atoms with Crippen molar-refractivity contribution < 1.29 is 14.4 Å². The van der Waals surface area contributed by atoms with Crippen LogP contribution >= 0.6 is 68.0 Å². The third-order valence-corrected chi connectivity index (χ3v) is 37.9. The van der Waals surface area contributed by atoms with Gasteiger partial charge in [0.15, 0.2) is 10.6 Å². The summed E-state index contributed by atoms with van der Waals surface area (Å²) in [4.78, 5) is 111. The molecule has 15 N–H and O–H groups in total. The molecule has 2 aliphatic heterocycles. The number of fused-ring (bicyclic) bond motifs is 18. The number of nitrogens with one attached hydrogen (secondary N) is 11. The van der Waals surface area contributed by atoms with E-state index in [9.17, 15) is 14.4 Å². The molecule has 1 atom stereocenters. The molecular weight excluding hydrogens is 1860 g/mol. The normalized spacial score (nSPS) is 22.3. The molecule has 6 fully saturated rings. The van der Waals surface area contributed by atoms with Gasteiger partial charge in [-0.25, -0.2) is 44.9 Å². The van der Waals surface area contributed by atoms with Crippen molar-refractivity contribution in [2.24, 2.45) is 17.6 Å². The van der Waals surface area contributed by atoms with E-state index >= 15 is 0 Å². The van der Waals surface area contributed by atoms with E-state index in [1.807, 2.05) is 25.4 Å². The van der Waals surface area contributed by atoms with Crippen LogP contribution in [0, 0.1) is 18.4 Å². The van der Waals surface area contributed by atoms with Gasteiger partial charge in [-0.15, -0.1) is 84.6 Å². The summed E-state index contributed by atoms with van der Waals surface area (Å²) in [6.45, 7) is 11.9. The molecule has 1 unspecified atom stereocenters. The zero-order chi connectivity index (χ0) is 95.0. The predicted molar refractivity (Wildman–Crippen MR) is 568 cm³/mol. The summed E-state index contributed by atoms with van der Waals surface area (Å²) in [5.41, 5.74) is 21.3. The van der Waals surface area contributed by atoms with Crippen LogP contribution in [0.25, 0.3) is 66.1 Å².